The molecule has 0 aromatic rings. The van der Waals surface area contributed by atoms with Gasteiger partial charge in [-0.3, -0.25) is 9.59 Å². The molecule has 188 valence electrons. The van der Waals surface area contributed by atoms with Crippen LogP contribution in [0.15, 0.2) is 11.0 Å². The van der Waals surface area contributed by atoms with Gasteiger partial charge >= 0.3 is 7.12 Å². The van der Waals surface area contributed by atoms with E-state index in [1.165, 1.54) is 6.42 Å². The Kier molecular flexibility index (Phi) is 11.1. The minimum Gasteiger partial charge on any atom is -0.426 e. The van der Waals surface area contributed by atoms with Gasteiger partial charge < -0.3 is 20.3 Å². The van der Waals surface area contributed by atoms with Crippen LogP contribution in [0.25, 0.3) is 0 Å². The molecule has 2 fully saturated rings. The second-order valence-electron chi connectivity index (χ2n) is 9.66. The molecule has 10 heteroatoms. The third-order valence-corrected chi connectivity index (χ3v) is 8.57. The molecule has 0 bridgehead atoms. The fourth-order valence-corrected chi connectivity index (χ4v) is 6.51. The highest BCUT2D eigenvalue weighted by Gasteiger charge is 2.53. The summed E-state index contributed by atoms with van der Waals surface area (Å²) in [5.74, 6) is -0.311. The van der Waals surface area contributed by atoms with Gasteiger partial charge in [-0.1, -0.05) is 65.9 Å². The molecular formula is C23H42BN3O5S. The highest BCUT2D eigenvalue weighted by atomic mass is 32.2. The Hall–Kier alpha value is -1.23. The minimum atomic E-state index is -1.64. The standard InChI is InChI=1S/C23H42BN3O5S/c1-5-10-19(6-2)33(32)26-23(17(3)4)13-14-27(22(23)29)20(21(28)25-16-24(30)31)15-18-11-8-7-9-12-18/h10,17-18,20,26,30-31H,5-9,11-16H2,1-4H3,(H,25,28)/b19-10+. The van der Waals surface area contributed by atoms with Crippen LogP contribution in [0.4, 0.5) is 0 Å². The maximum Gasteiger partial charge on any atom is 0.472 e. The molecule has 8 nitrogen and oxygen atoms in total. The van der Waals surface area contributed by atoms with Gasteiger partial charge in [-0.05, 0) is 37.5 Å². The minimum absolute atomic E-state index is 0.115. The molecule has 0 aromatic heterocycles. The summed E-state index contributed by atoms with van der Waals surface area (Å²) >= 11 is 0. The predicted octanol–water partition coefficient (Wildman–Crippen LogP) is 2.04. The van der Waals surface area contributed by atoms with E-state index in [0.717, 1.165) is 37.0 Å². The number of amides is 2. The smallest absolute Gasteiger partial charge is 0.426 e. The Morgan fingerprint density at radius 3 is 2.48 bits per heavy atom. The monoisotopic (exact) mass is 483 g/mol. The molecule has 33 heavy (non-hydrogen) atoms. The van der Waals surface area contributed by atoms with Crippen LogP contribution in [0.3, 0.4) is 0 Å². The number of likely N-dealkylation sites (tertiary alicyclic amines) is 1. The SMILES string of the molecule is CC/C=C(\CC)S(=O)NC1(C(C)C)CCN(C(CC2CCCCC2)C(=O)NCB(O)O)C1=O. The molecule has 2 amide bonds. The van der Waals surface area contributed by atoms with E-state index in [-0.39, 0.29) is 24.2 Å². The molecule has 1 aliphatic carbocycles. The molecular weight excluding hydrogens is 441 g/mol. The van der Waals surface area contributed by atoms with E-state index < -0.39 is 29.7 Å². The van der Waals surface area contributed by atoms with Crippen molar-refractivity contribution in [2.24, 2.45) is 11.8 Å². The van der Waals surface area contributed by atoms with Crippen LogP contribution in [0, 0.1) is 11.8 Å². The van der Waals surface area contributed by atoms with Gasteiger partial charge in [0.1, 0.15) is 22.6 Å². The largest absolute Gasteiger partial charge is 0.472 e. The van der Waals surface area contributed by atoms with Crippen molar-refractivity contribution in [1.82, 2.24) is 14.9 Å². The zero-order valence-corrected chi connectivity index (χ0v) is 21.5. The van der Waals surface area contributed by atoms with Crippen LogP contribution in [0.2, 0.25) is 0 Å². The van der Waals surface area contributed by atoms with Crippen LogP contribution >= 0.6 is 0 Å². The van der Waals surface area contributed by atoms with E-state index in [9.17, 15) is 23.8 Å². The first-order valence-electron chi connectivity index (χ1n) is 12.5. The highest BCUT2D eigenvalue weighted by Crippen LogP contribution is 2.36. The van der Waals surface area contributed by atoms with Gasteiger partial charge in [0.05, 0.1) is 6.44 Å². The predicted molar refractivity (Wildman–Crippen MR) is 132 cm³/mol. The van der Waals surface area contributed by atoms with Gasteiger partial charge in [-0.2, -0.15) is 0 Å². The molecule has 1 heterocycles. The van der Waals surface area contributed by atoms with Crippen molar-refractivity contribution < 1.29 is 23.8 Å². The lowest BCUT2D eigenvalue weighted by Gasteiger charge is -2.35. The van der Waals surface area contributed by atoms with E-state index in [0.29, 0.717) is 31.7 Å². The fourth-order valence-electron chi connectivity index (χ4n) is 5.04. The normalized spacial score (nSPS) is 24.3. The summed E-state index contributed by atoms with van der Waals surface area (Å²) in [6.07, 6.45) is 9.62. The first-order valence-corrected chi connectivity index (χ1v) is 13.6. The topological polar surface area (TPSA) is 119 Å². The molecule has 1 aliphatic heterocycles. The van der Waals surface area contributed by atoms with E-state index in [2.05, 4.69) is 10.0 Å². The summed E-state index contributed by atoms with van der Waals surface area (Å²) in [6.45, 7) is 8.22. The number of rotatable bonds is 12. The molecule has 1 saturated carbocycles. The first kappa shape index (κ1) is 28.0. The molecule has 3 unspecified atom stereocenters. The van der Waals surface area contributed by atoms with Crippen LogP contribution < -0.4 is 10.0 Å². The summed E-state index contributed by atoms with van der Waals surface area (Å²) in [4.78, 5) is 29.3. The van der Waals surface area contributed by atoms with Gasteiger partial charge in [-0.25, -0.2) is 8.93 Å². The van der Waals surface area contributed by atoms with Crippen LogP contribution in [0.5, 0.6) is 0 Å². The number of hydrogen-bond donors (Lipinski definition) is 4. The molecule has 3 atom stereocenters. The lowest BCUT2D eigenvalue weighted by Crippen LogP contribution is -2.59. The van der Waals surface area contributed by atoms with Gasteiger partial charge in [-0.15, -0.1) is 0 Å². The maximum atomic E-state index is 13.8. The second-order valence-corrected chi connectivity index (χ2v) is 10.9. The summed E-state index contributed by atoms with van der Waals surface area (Å²) < 4.78 is 16.3. The van der Waals surface area contributed by atoms with Crippen molar-refractivity contribution in [3.05, 3.63) is 11.0 Å². The molecule has 2 aliphatic rings. The average molecular weight is 483 g/mol. The van der Waals surface area contributed by atoms with Crippen molar-refractivity contribution in [2.75, 3.05) is 13.0 Å². The number of nitrogens with zero attached hydrogens (tertiary/aromatic N) is 1. The molecule has 2 rings (SSSR count). The van der Waals surface area contributed by atoms with Crippen LogP contribution in [-0.2, 0) is 20.6 Å². The summed E-state index contributed by atoms with van der Waals surface area (Å²) in [5, 5.41) is 21.0. The molecule has 4 N–H and O–H groups in total. The van der Waals surface area contributed by atoms with Crippen LogP contribution in [-0.4, -0.2) is 62.7 Å². The van der Waals surface area contributed by atoms with Gasteiger partial charge in [0, 0.05) is 11.4 Å². The Balaban J connectivity index is 2.27. The number of hydrogen-bond acceptors (Lipinski definition) is 5. The number of carbonyl (C=O) groups is 2. The van der Waals surface area contributed by atoms with Crippen molar-refractivity contribution in [3.63, 3.8) is 0 Å². The Bertz CT molecular complexity index is 727. The quantitative estimate of drug-likeness (QED) is 0.317. The second kappa shape index (κ2) is 13.0. The highest BCUT2D eigenvalue weighted by molar-refractivity contribution is 7.87. The Morgan fingerprint density at radius 2 is 1.94 bits per heavy atom. The summed E-state index contributed by atoms with van der Waals surface area (Å²) in [6, 6.07) is -0.674. The van der Waals surface area contributed by atoms with Gasteiger partial charge in [0.2, 0.25) is 11.8 Å². The molecule has 0 radical (unpaired) electrons. The fraction of sp³-hybridized carbons (Fsp3) is 0.826. The molecule has 1 saturated heterocycles. The maximum absolute atomic E-state index is 13.8. The van der Waals surface area contributed by atoms with E-state index in [1.54, 1.807) is 4.90 Å². The lowest BCUT2D eigenvalue weighted by atomic mass is 9.83. The number of nitrogens with one attached hydrogen (secondary N) is 2. The summed E-state index contributed by atoms with van der Waals surface area (Å²) in [7, 11) is -3.13. The third kappa shape index (κ3) is 7.13. The van der Waals surface area contributed by atoms with Crippen molar-refractivity contribution >= 4 is 29.9 Å². The first-order chi connectivity index (χ1) is 15.7. The third-order valence-electron chi connectivity index (χ3n) is 7.09. The van der Waals surface area contributed by atoms with E-state index in [4.69, 9.17) is 0 Å². The van der Waals surface area contributed by atoms with Crippen molar-refractivity contribution in [1.29, 1.82) is 0 Å². The molecule has 0 aromatic carbocycles. The molecule has 0 spiro atoms. The van der Waals surface area contributed by atoms with E-state index in [1.807, 2.05) is 33.8 Å². The zero-order chi connectivity index (χ0) is 24.6. The van der Waals surface area contributed by atoms with E-state index >= 15 is 0 Å². The van der Waals surface area contributed by atoms with Gasteiger partial charge in [0.15, 0.2) is 0 Å². The lowest BCUT2D eigenvalue weighted by molar-refractivity contribution is -0.142. The number of carbonyl (C=O) groups excluding carboxylic acids is 2. The zero-order valence-electron chi connectivity index (χ0n) is 20.6. The van der Waals surface area contributed by atoms with Crippen molar-refractivity contribution in [2.45, 2.75) is 97.1 Å². The van der Waals surface area contributed by atoms with Crippen LogP contribution in [0.1, 0.15) is 85.5 Å². The number of allylic oxidation sites excluding steroid dienone is 2. The Morgan fingerprint density at radius 1 is 1.27 bits per heavy atom. The summed E-state index contributed by atoms with van der Waals surface area (Å²) in [5.41, 5.74) is -1.01. The van der Waals surface area contributed by atoms with Gasteiger partial charge in [0.25, 0.3) is 0 Å². The Labute approximate surface area is 201 Å². The average Bonchev–Trinajstić information content (AvgIpc) is 3.11. The van der Waals surface area contributed by atoms with Crippen molar-refractivity contribution in [3.8, 4) is 0 Å².